The van der Waals surface area contributed by atoms with Crippen LogP contribution in [0.2, 0.25) is 0 Å². The van der Waals surface area contributed by atoms with Crippen molar-refractivity contribution in [2.45, 2.75) is 38.8 Å². The Labute approximate surface area is 120 Å². The third kappa shape index (κ3) is 3.49. The first-order valence-electron chi connectivity index (χ1n) is 7.55. The van der Waals surface area contributed by atoms with E-state index >= 15 is 0 Å². The average Bonchev–Trinajstić information content (AvgIpc) is 2.74. The summed E-state index contributed by atoms with van der Waals surface area (Å²) in [6.07, 6.45) is 1.71. The van der Waals surface area contributed by atoms with Gasteiger partial charge in [-0.2, -0.15) is 0 Å². The second-order valence-corrected chi connectivity index (χ2v) is 5.56. The van der Waals surface area contributed by atoms with E-state index in [4.69, 9.17) is 4.74 Å². The first-order chi connectivity index (χ1) is 9.63. The molecule has 2 atom stereocenters. The van der Waals surface area contributed by atoms with Crippen LogP contribution in [-0.4, -0.2) is 73.1 Å². The molecule has 2 aliphatic rings. The highest BCUT2D eigenvalue weighted by molar-refractivity contribution is 6.35. The number of nitrogens with zero attached hydrogens (tertiary/aromatic N) is 2. The van der Waals surface area contributed by atoms with Crippen LogP contribution in [0.25, 0.3) is 0 Å². The van der Waals surface area contributed by atoms with Crippen LogP contribution >= 0.6 is 0 Å². The van der Waals surface area contributed by atoms with Crippen LogP contribution in [-0.2, 0) is 14.3 Å². The zero-order valence-corrected chi connectivity index (χ0v) is 12.4. The Balaban J connectivity index is 2.01. The molecule has 2 heterocycles. The Kier molecular flexibility index (Phi) is 5.37. The molecule has 0 bridgehead atoms. The minimum absolute atomic E-state index is 0.000324. The molecule has 2 unspecified atom stereocenters. The van der Waals surface area contributed by atoms with E-state index in [2.05, 4.69) is 5.32 Å². The fraction of sp³-hybridized carbons (Fsp3) is 0.857. The molecule has 114 valence electrons. The zero-order chi connectivity index (χ0) is 14.5. The van der Waals surface area contributed by atoms with Crippen LogP contribution in [0.4, 0.5) is 0 Å². The maximum absolute atomic E-state index is 12.5. The van der Waals surface area contributed by atoms with Crippen molar-refractivity contribution in [1.82, 2.24) is 15.1 Å². The molecule has 20 heavy (non-hydrogen) atoms. The van der Waals surface area contributed by atoms with Crippen LogP contribution in [0.15, 0.2) is 0 Å². The van der Waals surface area contributed by atoms with Crippen molar-refractivity contribution in [3.8, 4) is 0 Å². The molecule has 0 aromatic carbocycles. The molecule has 0 aromatic heterocycles. The second kappa shape index (κ2) is 7.04. The highest BCUT2D eigenvalue weighted by Crippen LogP contribution is 2.15. The monoisotopic (exact) mass is 283 g/mol. The molecule has 6 heteroatoms. The number of hydrogen-bond acceptors (Lipinski definition) is 4. The molecule has 1 N–H and O–H groups in total. The van der Waals surface area contributed by atoms with Crippen molar-refractivity contribution < 1.29 is 14.3 Å². The molecular formula is C14H25N3O3. The van der Waals surface area contributed by atoms with E-state index in [0.717, 1.165) is 25.9 Å². The normalized spacial score (nSPS) is 28.1. The molecule has 2 rings (SSSR count). The number of ether oxygens (including phenoxy) is 1. The third-order valence-corrected chi connectivity index (χ3v) is 4.01. The molecule has 0 radical (unpaired) electrons. The second-order valence-electron chi connectivity index (χ2n) is 5.56. The van der Waals surface area contributed by atoms with E-state index in [0.29, 0.717) is 26.2 Å². The van der Waals surface area contributed by atoms with Crippen LogP contribution in [0.1, 0.15) is 26.7 Å². The molecule has 2 amide bonds. The Morgan fingerprint density at radius 1 is 1.25 bits per heavy atom. The number of carbonyl (C=O) groups excluding carboxylic acids is 2. The average molecular weight is 283 g/mol. The van der Waals surface area contributed by atoms with Gasteiger partial charge in [0.15, 0.2) is 0 Å². The molecular weight excluding hydrogens is 258 g/mol. The van der Waals surface area contributed by atoms with E-state index in [9.17, 15) is 9.59 Å². The molecule has 0 aliphatic carbocycles. The van der Waals surface area contributed by atoms with E-state index in [1.54, 1.807) is 9.80 Å². The number of hydrogen-bond donors (Lipinski definition) is 1. The molecule has 0 aromatic rings. The van der Waals surface area contributed by atoms with Crippen LogP contribution < -0.4 is 5.32 Å². The van der Waals surface area contributed by atoms with E-state index < -0.39 is 0 Å². The Bertz CT molecular complexity index is 354. The summed E-state index contributed by atoms with van der Waals surface area (Å²) >= 11 is 0. The van der Waals surface area contributed by atoms with Gasteiger partial charge < -0.3 is 19.9 Å². The van der Waals surface area contributed by atoms with Gasteiger partial charge in [0.2, 0.25) is 0 Å². The smallest absolute Gasteiger partial charge is 0.312 e. The van der Waals surface area contributed by atoms with Gasteiger partial charge in [-0.05, 0) is 26.3 Å². The summed E-state index contributed by atoms with van der Waals surface area (Å²) in [6, 6.07) is 0.0211. The maximum atomic E-state index is 12.5. The summed E-state index contributed by atoms with van der Waals surface area (Å²) in [7, 11) is 0. The van der Waals surface area contributed by atoms with Gasteiger partial charge >= 0.3 is 11.8 Å². The minimum Gasteiger partial charge on any atom is -0.375 e. The van der Waals surface area contributed by atoms with E-state index in [1.165, 1.54) is 0 Å². The van der Waals surface area contributed by atoms with Crippen LogP contribution in [0.5, 0.6) is 0 Å². The Hall–Kier alpha value is -1.14. The fourth-order valence-corrected chi connectivity index (χ4v) is 2.74. The van der Waals surface area contributed by atoms with Crippen molar-refractivity contribution in [1.29, 1.82) is 0 Å². The lowest BCUT2D eigenvalue weighted by molar-refractivity contribution is -0.159. The predicted molar refractivity (Wildman–Crippen MR) is 75.3 cm³/mol. The van der Waals surface area contributed by atoms with Gasteiger partial charge in [-0.15, -0.1) is 0 Å². The molecule has 0 saturated carbocycles. The van der Waals surface area contributed by atoms with Gasteiger partial charge in [0.25, 0.3) is 0 Å². The van der Waals surface area contributed by atoms with Crippen LogP contribution in [0, 0.1) is 0 Å². The van der Waals surface area contributed by atoms with Crippen molar-refractivity contribution in [2.24, 2.45) is 0 Å². The number of morpholine rings is 1. The summed E-state index contributed by atoms with van der Waals surface area (Å²) in [5, 5.41) is 3.24. The zero-order valence-electron chi connectivity index (χ0n) is 12.4. The van der Waals surface area contributed by atoms with E-state index in [-0.39, 0.29) is 24.0 Å². The molecule has 6 nitrogen and oxygen atoms in total. The predicted octanol–water partition coefficient (Wildman–Crippen LogP) is -0.166. The lowest BCUT2D eigenvalue weighted by Gasteiger charge is -2.38. The quantitative estimate of drug-likeness (QED) is 0.679. The lowest BCUT2D eigenvalue weighted by Crippen LogP contribution is -2.56. The topological polar surface area (TPSA) is 61.9 Å². The summed E-state index contributed by atoms with van der Waals surface area (Å²) in [5.74, 6) is -0.727. The number of nitrogens with one attached hydrogen (secondary N) is 1. The third-order valence-electron chi connectivity index (χ3n) is 4.01. The highest BCUT2D eigenvalue weighted by atomic mass is 16.5. The van der Waals surface area contributed by atoms with Crippen LogP contribution in [0.3, 0.4) is 0 Å². The molecule has 2 saturated heterocycles. The van der Waals surface area contributed by atoms with Gasteiger partial charge in [-0.25, -0.2) is 0 Å². The van der Waals surface area contributed by atoms with Crippen molar-refractivity contribution in [3.63, 3.8) is 0 Å². The van der Waals surface area contributed by atoms with Gasteiger partial charge in [0.1, 0.15) is 0 Å². The summed E-state index contributed by atoms with van der Waals surface area (Å²) in [6.45, 7) is 7.93. The van der Waals surface area contributed by atoms with Gasteiger partial charge in [0, 0.05) is 26.2 Å². The lowest BCUT2D eigenvalue weighted by atomic mass is 10.1. The first kappa shape index (κ1) is 15.3. The minimum atomic E-state index is -0.367. The van der Waals surface area contributed by atoms with E-state index in [1.807, 2.05) is 13.8 Å². The summed E-state index contributed by atoms with van der Waals surface area (Å²) < 4.78 is 5.58. The van der Waals surface area contributed by atoms with Gasteiger partial charge in [0.05, 0.1) is 18.8 Å². The van der Waals surface area contributed by atoms with Gasteiger partial charge in [-0.3, -0.25) is 9.59 Å². The van der Waals surface area contributed by atoms with Crippen molar-refractivity contribution in [3.05, 3.63) is 0 Å². The summed E-state index contributed by atoms with van der Waals surface area (Å²) in [5.41, 5.74) is 0. The molecule has 0 spiro atoms. The number of rotatable bonds is 1. The van der Waals surface area contributed by atoms with Crippen molar-refractivity contribution in [2.75, 3.05) is 39.3 Å². The summed E-state index contributed by atoms with van der Waals surface area (Å²) in [4.78, 5) is 28.2. The molecule has 2 fully saturated rings. The largest absolute Gasteiger partial charge is 0.375 e. The van der Waals surface area contributed by atoms with Crippen molar-refractivity contribution >= 4 is 11.8 Å². The van der Waals surface area contributed by atoms with Gasteiger partial charge in [-0.1, -0.05) is 6.92 Å². The maximum Gasteiger partial charge on any atom is 0.312 e. The Morgan fingerprint density at radius 3 is 2.80 bits per heavy atom. The first-order valence-corrected chi connectivity index (χ1v) is 7.55. The highest BCUT2D eigenvalue weighted by Gasteiger charge is 2.34. The SMILES string of the molecule is CCC1COC(C)CN1C(=O)C(=O)N1CCCNCC1. The standard InChI is InChI=1S/C14H25N3O3/c1-3-12-10-20-11(2)9-17(12)14(19)13(18)16-7-4-5-15-6-8-16/h11-12,15H,3-10H2,1-2H3. The fourth-order valence-electron chi connectivity index (χ4n) is 2.74. The number of amides is 2. The Morgan fingerprint density at radius 2 is 2.05 bits per heavy atom. The number of carbonyl (C=O) groups is 2. The molecule has 2 aliphatic heterocycles.